The molecule has 0 spiro atoms. The lowest BCUT2D eigenvalue weighted by Crippen LogP contribution is -2.14. The lowest BCUT2D eigenvalue weighted by molar-refractivity contribution is -0.144. The van der Waals surface area contributed by atoms with E-state index in [2.05, 4.69) is 29.4 Å². The number of aromatic nitrogens is 2. The molecular weight excluding hydrogens is 466 g/mol. The summed E-state index contributed by atoms with van der Waals surface area (Å²) >= 11 is 9.10. The van der Waals surface area contributed by atoms with E-state index in [4.69, 9.17) is 20.8 Å². The van der Waals surface area contributed by atoms with E-state index in [0.29, 0.717) is 41.6 Å². The van der Waals surface area contributed by atoms with Crippen LogP contribution in [0.2, 0.25) is 5.02 Å². The van der Waals surface area contributed by atoms with Gasteiger partial charge in [-0.25, -0.2) is 0 Å². The summed E-state index contributed by atoms with van der Waals surface area (Å²) in [7, 11) is 0. The molecule has 3 aromatic rings. The summed E-state index contributed by atoms with van der Waals surface area (Å²) in [6.45, 7) is 4.85. The van der Waals surface area contributed by atoms with Crippen LogP contribution in [-0.4, -0.2) is 28.5 Å². The molecule has 0 aliphatic heterocycles. The van der Waals surface area contributed by atoms with Crippen LogP contribution in [0.1, 0.15) is 46.0 Å². The van der Waals surface area contributed by atoms with Crippen molar-refractivity contribution in [2.75, 3.05) is 17.7 Å². The van der Waals surface area contributed by atoms with Crippen molar-refractivity contribution in [2.24, 2.45) is 5.92 Å². The van der Waals surface area contributed by atoms with Crippen LogP contribution >= 0.6 is 34.7 Å². The van der Waals surface area contributed by atoms with Crippen LogP contribution in [-0.2, 0) is 9.53 Å². The van der Waals surface area contributed by atoms with Crippen molar-refractivity contribution < 1.29 is 13.9 Å². The Labute approximate surface area is 202 Å². The molecule has 0 fully saturated rings. The van der Waals surface area contributed by atoms with E-state index in [1.54, 1.807) is 35.2 Å². The molecule has 1 aromatic carbocycles. The van der Waals surface area contributed by atoms with Crippen molar-refractivity contribution in [1.29, 1.82) is 0 Å². The Morgan fingerprint density at radius 3 is 2.81 bits per heavy atom. The smallest absolute Gasteiger partial charge is 0.320 e. The Morgan fingerprint density at radius 1 is 1.25 bits per heavy atom. The summed E-state index contributed by atoms with van der Waals surface area (Å²) in [4.78, 5) is 12.1. The summed E-state index contributed by atoms with van der Waals surface area (Å²) in [5.74, 6) is 1.40. The highest BCUT2D eigenvalue weighted by atomic mass is 35.5. The van der Waals surface area contributed by atoms with Crippen LogP contribution < -0.4 is 5.32 Å². The minimum atomic E-state index is -0.141. The molecule has 6 nitrogen and oxygen atoms in total. The zero-order valence-corrected chi connectivity index (χ0v) is 20.7. The average Bonchev–Trinajstić information content (AvgIpc) is 3.45. The Morgan fingerprint density at radius 2 is 2.06 bits per heavy atom. The summed E-state index contributed by atoms with van der Waals surface area (Å²) < 4.78 is 12.3. The number of ether oxygens (including phenoxy) is 1. The number of nitrogens with one attached hydrogen (secondary N) is 1. The van der Waals surface area contributed by atoms with Crippen LogP contribution in [0.4, 0.5) is 11.7 Å². The molecule has 0 aliphatic carbocycles. The van der Waals surface area contributed by atoms with Crippen molar-refractivity contribution in [1.82, 2.24) is 10.2 Å². The zero-order valence-electron chi connectivity index (χ0n) is 18.3. The lowest BCUT2D eigenvalue weighted by Gasteiger charge is -2.14. The second-order valence-corrected chi connectivity index (χ2v) is 10.1. The first-order valence-electron chi connectivity index (χ1n) is 10.8. The summed E-state index contributed by atoms with van der Waals surface area (Å²) in [5, 5.41) is 13.9. The molecule has 0 amide bonds. The van der Waals surface area contributed by atoms with Crippen molar-refractivity contribution >= 4 is 52.4 Å². The fourth-order valence-electron chi connectivity index (χ4n) is 3.01. The van der Waals surface area contributed by atoms with Gasteiger partial charge in [0.2, 0.25) is 0 Å². The van der Waals surface area contributed by atoms with E-state index in [9.17, 15) is 4.79 Å². The Hall–Kier alpha value is -2.03. The first kappa shape index (κ1) is 24.6. The Bertz CT molecular complexity index is 975. The SMILES string of the molecule is CCCCC(CC)COC(=O)CCSc1sccc1-c1nnc(Nc2ccc(Cl)cc2)o1. The predicted octanol–water partition coefficient (Wildman–Crippen LogP) is 7.44. The first-order valence-corrected chi connectivity index (χ1v) is 13.1. The molecule has 0 bridgehead atoms. The van der Waals surface area contributed by atoms with Crippen LogP contribution in [0.15, 0.2) is 44.3 Å². The normalized spacial score (nSPS) is 12.0. The fraction of sp³-hybridized carbons (Fsp3) is 0.435. The van der Waals surface area contributed by atoms with Crippen molar-refractivity contribution in [3.05, 3.63) is 40.7 Å². The molecule has 0 aliphatic rings. The van der Waals surface area contributed by atoms with Crippen LogP contribution in [0.5, 0.6) is 0 Å². The molecule has 0 saturated heterocycles. The molecule has 1 N–H and O–H groups in total. The molecule has 2 heterocycles. The quantitative estimate of drug-likeness (QED) is 0.196. The van der Waals surface area contributed by atoms with Gasteiger partial charge in [0.25, 0.3) is 5.89 Å². The van der Waals surface area contributed by atoms with Gasteiger partial charge >= 0.3 is 12.0 Å². The molecule has 32 heavy (non-hydrogen) atoms. The predicted molar refractivity (Wildman–Crippen MR) is 132 cm³/mol. The van der Waals surface area contributed by atoms with Gasteiger partial charge in [0, 0.05) is 16.5 Å². The number of anilines is 2. The molecule has 9 heteroatoms. The number of nitrogens with zero attached hydrogens (tertiary/aromatic N) is 2. The monoisotopic (exact) mass is 493 g/mol. The number of unbranched alkanes of at least 4 members (excludes halogenated alkanes) is 1. The largest absolute Gasteiger partial charge is 0.465 e. The van der Waals surface area contributed by atoms with E-state index in [1.807, 2.05) is 23.6 Å². The van der Waals surface area contributed by atoms with Crippen molar-refractivity contribution in [2.45, 2.75) is 50.2 Å². The number of carbonyl (C=O) groups is 1. The fourth-order valence-corrected chi connectivity index (χ4v) is 5.20. The van der Waals surface area contributed by atoms with Gasteiger partial charge in [0.15, 0.2) is 0 Å². The number of carbonyl (C=O) groups excluding carboxylic acids is 1. The van der Waals surface area contributed by atoms with E-state index in [1.165, 1.54) is 12.8 Å². The van der Waals surface area contributed by atoms with Gasteiger partial charge in [-0.3, -0.25) is 4.79 Å². The summed E-state index contributed by atoms with van der Waals surface area (Å²) in [6.07, 6.45) is 4.88. The molecule has 1 unspecified atom stereocenters. The van der Waals surface area contributed by atoms with Crippen molar-refractivity contribution in [3.8, 4) is 11.5 Å². The topological polar surface area (TPSA) is 77.2 Å². The summed E-state index contributed by atoms with van der Waals surface area (Å²) in [6, 6.07) is 9.50. The molecule has 1 atom stereocenters. The van der Waals surface area contributed by atoms with Gasteiger partial charge in [0.1, 0.15) is 0 Å². The number of hydrogen-bond donors (Lipinski definition) is 1. The number of benzene rings is 1. The molecule has 2 aromatic heterocycles. The van der Waals surface area contributed by atoms with Gasteiger partial charge < -0.3 is 14.5 Å². The minimum absolute atomic E-state index is 0.141. The highest BCUT2D eigenvalue weighted by molar-refractivity contribution is 8.01. The zero-order chi connectivity index (χ0) is 22.8. The highest BCUT2D eigenvalue weighted by Gasteiger charge is 2.16. The summed E-state index contributed by atoms with van der Waals surface area (Å²) in [5.41, 5.74) is 1.68. The van der Waals surface area contributed by atoms with E-state index in [-0.39, 0.29) is 5.97 Å². The number of halogens is 1. The van der Waals surface area contributed by atoms with Gasteiger partial charge in [-0.2, -0.15) is 0 Å². The van der Waals surface area contributed by atoms with Crippen molar-refractivity contribution in [3.63, 3.8) is 0 Å². The van der Waals surface area contributed by atoms with Crippen LogP contribution in [0.3, 0.4) is 0 Å². The Balaban J connectivity index is 1.48. The van der Waals surface area contributed by atoms with Gasteiger partial charge in [0.05, 0.1) is 22.8 Å². The molecule has 0 radical (unpaired) electrons. The third-order valence-corrected chi connectivity index (χ3v) is 7.43. The molecular formula is C23H28ClN3O3S2. The number of thiophene rings is 1. The molecule has 3 rings (SSSR count). The maximum absolute atomic E-state index is 12.1. The van der Waals surface area contributed by atoms with Crippen LogP contribution in [0.25, 0.3) is 11.5 Å². The van der Waals surface area contributed by atoms with Gasteiger partial charge in [-0.1, -0.05) is 49.8 Å². The first-order chi connectivity index (χ1) is 15.6. The number of esters is 1. The van der Waals surface area contributed by atoms with Crippen LogP contribution in [0, 0.1) is 5.92 Å². The Kier molecular flexibility index (Phi) is 9.89. The highest BCUT2D eigenvalue weighted by Crippen LogP contribution is 2.36. The maximum Gasteiger partial charge on any atom is 0.320 e. The van der Waals surface area contributed by atoms with E-state index >= 15 is 0 Å². The third kappa shape index (κ3) is 7.53. The molecule has 172 valence electrons. The van der Waals surface area contributed by atoms with Gasteiger partial charge in [-0.15, -0.1) is 28.2 Å². The second-order valence-electron chi connectivity index (χ2n) is 7.36. The number of rotatable bonds is 13. The minimum Gasteiger partial charge on any atom is -0.465 e. The number of thioether (sulfide) groups is 1. The number of hydrogen-bond acceptors (Lipinski definition) is 8. The second kappa shape index (κ2) is 12.9. The third-order valence-electron chi connectivity index (χ3n) is 4.94. The average molecular weight is 494 g/mol. The standard InChI is InChI=1S/C23H28ClN3O3S2/c1-3-5-6-16(4-2)15-29-20(28)12-14-32-22-19(11-13-31-22)21-26-27-23(30-21)25-18-9-7-17(24)8-10-18/h7-11,13,16H,3-6,12,14-15H2,1-2H3,(H,25,27). The van der Waals surface area contributed by atoms with Gasteiger partial charge in [-0.05, 0) is 48.1 Å². The van der Waals surface area contributed by atoms with E-state index < -0.39 is 0 Å². The molecule has 0 saturated carbocycles. The lowest BCUT2D eigenvalue weighted by atomic mass is 10.0. The maximum atomic E-state index is 12.1. The van der Waals surface area contributed by atoms with E-state index in [0.717, 1.165) is 28.3 Å².